The standard InChI is InChI=1S/C19H20FN5O3/c1-12-15(18(24-28-12)13-2-4-14(20)5-3-13)11-21-17-10-16(22-23-17)19(26)25-6-8-27-9-7-25/h2-5,10H,6-9,11H2,1H3,(H2,21,22,23). The lowest BCUT2D eigenvalue weighted by molar-refractivity contribution is 0.0299. The van der Waals surface area contributed by atoms with Crippen LogP contribution < -0.4 is 5.32 Å². The van der Waals surface area contributed by atoms with E-state index in [0.29, 0.717) is 55.8 Å². The number of carbonyl (C=O) groups is 1. The number of benzene rings is 1. The predicted molar refractivity (Wildman–Crippen MR) is 99.3 cm³/mol. The van der Waals surface area contributed by atoms with Crippen molar-refractivity contribution < 1.29 is 18.4 Å². The van der Waals surface area contributed by atoms with E-state index in [1.165, 1.54) is 12.1 Å². The molecule has 1 saturated heterocycles. The van der Waals surface area contributed by atoms with Gasteiger partial charge in [-0.3, -0.25) is 9.89 Å². The number of amides is 1. The Bertz CT molecular complexity index is 960. The van der Waals surface area contributed by atoms with Gasteiger partial charge in [0.15, 0.2) is 0 Å². The van der Waals surface area contributed by atoms with Gasteiger partial charge in [-0.1, -0.05) is 5.16 Å². The highest BCUT2D eigenvalue weighted by Crippen LogP contribution is 2.26. The largest absolute Gasteiger partial charge is 0.378 e. The van der Waals surface area contributed by atoms with Crippen LogP contribution in [0.25, 0.3) is 11.3 Å². The van der Waals surface area contributed by atoms with E-state index >= 15 is 0 Å². The highest BCUT2D eigenvalue weighted by atomic mass is 19.1. The van der Waals surface area contributed by atoms with E-state index in [1.54, 1.807) is 23.1 Å². The van der Waals surface area contributed by atoms with Crippen molar-refractivity contribution in [2.75, 3.05) is 31.6 Å². The number of H-pyrrole nitrogens is 1. The van der Waals surface area contributed by atoms with Crippen LogP contribution in [0.5, 0.6) is 0 Å². The molecule has 9 heteroatoms. The molecule has 3 heterocycles. The van der Waals surface area contributed by atoms with Crippen molar-refractivity contribution in [2.45, 2.75) is 13.5 Å². The number of aromatic amines is 1. The van der Waals surface area contributed by atoms with Crippen molar-refractivity contribution >= 4 is 11.7 Å². The lowest BCUT2D eigenvalue weighted by atomic mass is 10.1. The number of nitrogens with one attached hydrogen (secondary N) is 2. The summed E-state index contributed by atoms with van der Waals surface area (Å²) < 4.78 is 23.7. The molecule has 1 aliphatic rings. The fraction of sp³-hybridized carbons (Fsp3) is 0.316. The van der Waals surface area contributed by atoms with Crippen LogP contribution in [0.4, 0.5) is 10.2 Å². The summed E-state index contributed by atoms with van der Waals surface area (Å²) in [6, 6.07) is 7.76. The van der Waals surface area contributed by atoms with E-state index in [4.69, 9.17) is 9.26 Å². The van der Waals surface area contributed by atoms with Crippen molar-refractivity contribution in [1.29, 1.82) is 0 Å². The maximum atomic E-state index is 13.2. The second-order valence-corrected chi connectivity index (χ2v) is 6.50. The molecule has 1 aromatic carbocycles. The van der Waals surface area contributed by atoms with Gasteiger partial charge >= 0.3 is 0 Å². The molecule has 0 atom stereocenters. The van der Waals surface area contributed by atoms with Gasteiger partial charge in [-0.05, 0) is 31.2 Å². The summed E-state index contributed by atoms with van der Waals surface area (Å²) in [5, 5.41) is 14.2. The van der Waals surface area contributed by atoms with Crippen molar-refractivity contribution in [1.82, 2.24) is 20.3 Å². The van der Waals surface area contributed by atoms with Crippen molar-refractivity contribution in [3.8, 4) is 11.3 Å². The first kappa shape index (κ1) is 18.2. The lowest BCUT2D eigenvalue weighted by Crippen LogP contribution is -2.40. The normalized spacial score (nSPS) is 14.3. The Morgan fingerprint density at radius 3 is 2.79 bits per heavy atom. The number of aryl methyl sites for hydroxylation is 1. The van der Waals surface area contributed by atoms with Gasteiger partial charge in [0.1, 0.15) is 28.8 Å². The number of nitrogens with zero attached hydrogens (tertiary/aromatic N) is 3. The van der Waals surface area contributed by atoms with Gasteiger partial charge in [0, 0.05) is 36.8 Å². The van der Waals surface area contributed by atoms with Gasteiger partial charge in [0.05, 0.1) is 13.2 Å². The second-order valence-electron chi connectivity index (χ2n) is 6.50. The maximum absolute atomic E-state index is 13.2. The molecule has 28 heavy (non-hydrogen) atoms. The molecule has 0 aliphatic carbocycles. The number of carbonyl (C=O) groups excluding carboxylic acids is 1. The minimum atomic E-state index is -0.308. The number of hydrogen-bond donors (Lipinski definition) is 2. The molecule has 2 N–H and O–H groups in total. The molecule has 0 spiro atoms. The van der Waals surface area contributed by atoms with E-state index in [-0.39, 0.29) is 11.7 Å². The Kier molecular flexibility index (Phi) is 5.07. The zero-order valence-corrected chi connectivity index (χ0v) is 15.4. The topological polar surface area (TPSA) is 96.3 Å². The first-order valence-corrected chi connectivity index (χ1v) is 8.99. The maximum Gasteiger partial charge on any atom is 0.272 e. The Morgan fingerprint density at radius 2 is 2.04 bits per heavy atom. The number of ether oxygens (including phenoxy) is 1. The fourth-order valence-corrected chi connectivity index (χ4v) is 3.07. The molecule has 1 fully saturated rings. The molecule has 2 aromatic heterocycles. The van der Waals surface area contributed by atoms with Crippen molar-refractivity contribution in [2.24, 2.45) is 0 Å². The van der Waals surface area contributed by atoms with E-state index in [2.05, 4.69) is 20.7 Å². The number of anilines is 1. The Balaban J connectivity index is 1.45. The molecule has 0 bridgehead atoms. The van der Waals surface area contributed by atoms with Crippen LogP contribution in [-0.2, 0) is 11.3 Å². The average molecular weight is 385 g/mol. The lowest BCUT2D eigenvalue weighted by Gasteiger charge is -2.26. The number of aromatic nitrogens is 3. The summed E-state index contributed by atoms with van der Waals surface area (Å²) in [6.07, 6.45) is 0. The molecular formula is C19H20FN5O3. The molecule has 0 saturated carbocycles. The van der Waals surface area contributed by atoms with Crippen LogP contribution in [0.3, 0.4) is 0 Å². The minimum Gasteiger partial charge on any atom is -0.378 e. The molecule has 0 unspecified atom stereocenters. The number of morpholine rings is 1. The third-order valence-corrected chi connectivity index (χ3v) is 4.66. The summed E-state index contributed by atoms with van der Waals surface area (Å²) in [7, 11) is 0. The Labute approximate surface area is 160 Å². The number of halogens is 1. The van der Waals surface area contributed by atoms with Gasteiger partial charge < -0.3 is 19.5 Å². The molecule has 146 valence electrons. The summed E-state index contributed by atoms with van der Waals surface area (Å²) in [5.74, 6) is 0.795. The molecule has 1 amide bonds. The molecule has 1 aliphatic heterocycles. The Morgan fingerprint density at radius 1 is 1.29 bits per heavy atom. The van der Waals surface area contributed by atoms with Gasteiger partial charge in [0.2, 0.25) is 0 Å². The number of hydrogen-bond acceptors (Lipinski definition) is 6. The SMILES string of the molecule is Cc1onc(-c2ccc(F)cc2)c1CNc1cc(C(=O)N2CCOCC2)[nH]n1. The van der Waals surface area contributed by atoms with Crippen molar-refractivity contribution in [3.63, 3.8) is 0 Å². The summed E-state index contributed by atoms with van der Waals surface area (Å²) in [6.45, 7) is 4.45. The zero-order valence-electron chi connectivity index (χ0n) is 15.4. The van der Waals surface area contributed by atoms with E-state index in [1.807, 2.05) is 6.92 Å². The number of rotatable bonds is 5. The van der Waals surface area contributed by atoms with Crippen LogP contribution in [0.2, 0.25) is 0 Å². The van der Waals surface area contributed by atoms with E-state index < -0.39 is 0 Å². The predicted octanol–water partition coefficient (Wildman–Crippen LogP) is 2.60. The van der Waals surface area contributed by atoms with Crippen LogP contribution >= 0.6 is 0 Å². The highest BCUT2D eigenvalue weighted by molar-refractivity contribution is 5.93. The molecule has 4 rings (SSSR count). The third-order valence-electron chi connectivity index (χ3n) is 4.66. The summed E-state index contributed by atoms with van der Waals surface area (Å²) in [5.41, 5.74) is 2.67. The van der Waals surface area contributed by atoms with E-state index in [0.717, 1.165) is 11.1 Å². The van der Waals surface area contributed by atoms with Crippen LogP contribution in [0.1, 0.15) is 21.8 Å². The fourth-order valence-electron chi connectivity index (χ4n) is 3.07. The monoisotopic (exact) mass is 385 g/mol. The summed E-state index contributed by atoms with van der Waals surface area (Å²) >= 11 is 0. The molecule has 3 aromatic rings. The molecule has 0 radical (unpaired) electrons. The zero-order chi connectivity index (χ0) is 19.5. The van der Waals surface area contributed by atoms with Crippen LogP contribution in [-0.4, -0.2) is 52.5 Å². The quantitative estimate of drug-likeness (QED) is 0.701. The van der Waals surface area contributed by atoms with Crippen molar-refractivity contribution in [3.05, 3.63) is 53.2 Å². The Hall–Kier alpha value is -3.20. The van der Waals surface area contributed by atoms with Gasteiger partial charge in [-0.15, -0.1) is 0 Å². The highest BCUT2D eigenvalue weighted by Gasteiger charge is 2.21. The van der Waals surface area contributed by atoms with Crippen LogP contribution in [0, 0.1) is 12.7 Å². The van der Waals surface area contributed by atoms with Gasteiger partial charge in [-0.25, -0.2) is 4.39 Å². The summed E-state index contributed by atoms with van der Waals surface area (Å²) in [4.78, 5) is 14.2. The first-order valence-electron chi connectivity index (χ1n) is 8.99. The second kappa shape index (κ2) is 7.81. The first-order chi connectivity index (χ1) is 13.6. The smallest absolute Gasteiger partial charge is 0.272 e. The molecular weight excluding hydrogens is 365 g/mol. The minimum absolute atomic E-state index is 0.1000. The van der Waals surface area contributed by atoms with Crippen LogP contribution in [0.15, 0.2) is 34.9 Å². The molecule has 8 nitrogen and oxygen atoms in total. The van der Waals surface area contributed by atoms with Gasteiger partial charge in [0.25, 0.3) is 5.91 Å². The van der Waals surface area contributed by atoms with Gasteiger partial charge in [-0.2, -0.15) is 5.10 Å². The average Bonchev–Trinajstić information content (AvgIpc) is 3.34. The van der Waals surface area contributed by atoms with E-state index in [9.17, 15) is 9.18 Å². The third kappa shape index (κ3) is 3.74.